The largest absolute Gasteiger partial charge is 0.477 e. The summed E-state index contributed by atoms with van der Waals surface area (Å²) in [5.41, 5.74) is 0.787. The van der Waals surface area contributed by atoms with Crippen molar-refractivity contribution in [2.45, 2.75) is 32.1 Å². The van der Waals surface area contributed by atoms with Crippen LogP contribution in [0.25, 0.3) is 0 Å². The molecule has 1 unspecified atom stereocenters. The van der Waals surface area contributed by atoms with Crippen molar-refractivity contribution in [1.82, 2.24) is 10.2 Å². The second-order valence-corrected chi connectivity index (χ2v) is 4.65. The molecule has 1 aromatic rings. The zero-order valence-corrected chi connectivity index (χ0v) is 8.33. The van der Waals surface area contributed by atoms with E-state index in [1.54, 1.807) is 6.20 Å². The molecule has 3 rings (SSSR count). The molecule has 2 aliphatic carbocycles. The Kier molecular flexibility index (Phi) is 1.79. The summed E-state index contributed by atoms with van der Waals surface area (Å²) < 4.78 is 5.53. The summed E-state index contributed by atoms with van der Waals surface area (Å²) in [6.07, 6.45) is 8.85. The zero-order valence-electron chi connectivity index (χ0n) is 8.33. The molecule has 2 saturated carbocycles. The van der Waals surface area contributed by atoms with Gasteiger partial charge in [-0.3, -0.25) is 5.10 Å². The van der Waals surface area contributed by atoms with Crippen molar-refractivity contribution >= 4 is 0 Å². The fraction of sp³-hybridized carbons (Fsp3) is 0.727. The Morgan fingerprint density at radius 2 is 2.43 bits per heavy atom. The lowest BCUT2D eigenvalue weighted by Gasteiger charge is -2.37. The molecule has 2 aliphatic rings. The zero-order chi connectivity index (χ0) is 9.43. The molecule has 0 radical (unpaired) electrons. The van der Waals surface area contributed by atoms with Crippen LogP contribution in [-0.2, 0) is 0 Å². The molecule has 76 valence electrons. The van der Waals surface area contributed by atoms with E-state index >= 15 is 0 Å². The van der Waals surface area contributed by atoms with Crippen molar-refractivity contribution < 1.29 is 4.74 Å². The maximum absolute atomic E-state index is 5.53. The van der Waals surface area contributed by atoms with Gasteiger partial charge in [0, 0.05) is 12.3 Å². The van der Waals surface area contributed by atoms with E-state index < -0.39 is 0 Å². The molecule has 3 nitrogen and oxygen atoms in total. The number of H-pyrrole nitrogens is 1. The Labute approximate surface area is 83.9 Å². The summed E-state index contributed by atoms with van der Waals surface area (Å²) in [7, 11) is 0. The van der Waals surface area contributed by atoms with Crippen LogP contribution < -0.4 is 4.74 Å². The SMILES string of the molecule is c1cc(OCCC2CCC23CC3)n[nH]1. The van der Waals surface area contributed by atoms with E-state index in [0.29, 0.717) is 0 Å². The third kappa shape index (κ3) is 1.31. The van der Waals surface area contributed by atoms with Gasteiger partial charge in [0.15, 0.2) is 0 Å². The first-order chi connectivity index (χ1) is 6.89. The maximum Gasteiger partial charge on any atom is 0.232 e. The topological polar surface area (TPSA) is 37.9 Å². The first kappa shape index (κ1) is 8.33. The highest BCUT2D eigenvalue weighted by molar-refractivity contribution is 5.06. The fourth-order valence-electron chi connectivity index (χ4n) is 2.66. The minimum atomic E-state index is 0.731. The van der Waals surface area contributed by atoms with Crippen molar-refractivity contribution in [2.75, 3.05) is 6.61 Å². The van der Waals surface area contributed by atoms with Crippen LogP contribution in [0.15, 0.2) is 12.3 Å². The van der Waals surface area contributed by atoms with E-state index in [1.165, 1.54) is 32.1 Å². The van der Waals surface area contributed by atoms with Crippen LogP contribution >= 0.6 is 0 Å². The molecule has 1 N–H and O–H groups in total. The van der Waals surface area contributed by atoms with Gasteiger partial charge in [0.1, 0.15) is 0 Å². The van der Waals surface area contributed by atoms with E-state index in [2.05, 4.69) is 10.2 Å². The van der Waals surface area contributed by atoms with Gasteiger partial charge in [0.2, 0.25) is 5.88 Å². The Hall–Kier alpha value is -0.990. The van der Waals surface area contributed by atoms with E-state index in [-0.39, 0.29) is 0 Å². The Morgan fingerprint density at radius 1 is 1.50 bits per heavy atom. The number of aromatic nitrogens is 2. The predicted molar refractivity (Wildman–Crippen MR) is 53.1 cm³/mol. The first-order valence-corrected chi connectivity index (χ1v) is 5.52. The van der Waals surface area contributed by atoms with Gasteiger partial charge in [-0.15, -0.1) is 5.10 Å². The Balaban J connectivity index is 1.42. The summed E-state index contributed by atoms with van der Waals surface area (Å²) in [5, 5.41) is 6.71. The highest BCUT2D eigenvalue weighted by Crippen LogP contribution is 2.65. The molecule has 0 aliphatic heterocycles. The van der Waals surface area contributed by atoms with Crippen LogP contribution in [0.2, 0.25) is 0 Å². The summed E-state index contributed by atoms with van der Waals surface area (Å²) in [5.74, 6) is 1.68. The summed E-state index contributed by atoms with van der Waals surface area (Å²) in [6, 6.07) is 1.87. The van der Waals surface area contributed by atoms with E-state index in [0.717, 1.165) is 23.8 Å². The van der Waals surface area contributed by atoms with Crippen molar-refractivity contribution in [2.24, 2.45) is 11.3 Å². The second kappa shape index (κ2) is 3.01. The number of nitrogens with one attached hydrogen (secondary N) is 1. The monoisotopic (exact) mass is 192 g/mol. The van der Waals surface area contributed by atoms with Crippen LogP contribution in [0.4, 0.5) is 0 Å². The number of hydrogen-bond donors (Lipinski definition) is 1. The minimum Gasteiger partial charge on any atom is -0.477 e. The van der Waals surface area contributed by atoms with Crippen LogP contribution in [0.3, 0.4) is 0 Å². The van der Waals surface area contributed by atoms with E-state index in [1.807, 2.05) is 6.07 Å². The van der Waals surface area contributed by atoms with Gasteiger partial charge in [-0.2, -0.15) is 0 Å². The number of ether oxygens (including phenoxy) is 1. The third-order valence-corrected chi connectivity index (χ3v) is 3.94. The molecule has 1 aromatic heterocycles. The van der Waals surface area contributed by atoms with E-state index in [9.17, 15) is 0 Å². The third-order valence-electron chi connectivity index (χ3n) is 3.94. The van der Waals surface area contributed by atoms with Crippen molar-refractivity contribution in [3.8, 4) is 5.88 Å². The first-order valence-electron chi connectivity index (χ1n) is 5.52. The van der Waals surface area contributed by atoms with Gasteiger partial charge < -0.3 is 4.74 Å². The molecule has 3 heteroatoms. The average molecular weight is 192 g/mol. The molecule has 1 atom stereocenters. The van der Waals surface area contributed by atoms with Crippen LogP contribution in [-0.4, -0.2) is 16.8 Å². The number of aromatic amines is 1. The van der Waals surface area contributed by atoms with Gasteiger partial charge in [-0.25, -0.2) is 0 Å². The second-order valence-electron chi connectivity index (χ2n) is 4.65. The lowest BCUT2D eigenvalue weighted by Crippen LogP contribution is -2.28. The fourth-order valence-corrected chi connectivity index (χ4v) is 2.66. The molecule has 0 bridgehead atoms. The van der Waals surface area contributed by atoms with E-state index in [4.69, 9.17) is 4.74 Å². The van der Waals surface area contributed by atoms with Gasteiger partial charge in [0.25, 0.3) is 0 Å². The molecule has 0 saturated heterocycles. The van der Waals surface area contributed by atoms with Crippen LogP contribution in [0.5, 0.6) is 5.88 Å². The lowest BCUT2D eigenvalue weighted by molar-refractivity contribution is 0.113. The number of nitrogens with zero attached hydrogens (tertiary/aromatic N) is 1. The quantitative estimate of drug-likeness (QED) is 0.795. The maximum atomic E-state index is 5.53. The van der Waals surface area contributed by atoms with Crippen LogP contribution in [0.1, 0.15) is 32.1 Å². The van der Waals surface area contributed by atoms with Gasteiger partial charge in [-0.05, 0) is 43.4 Å². The highest BCUT2D eigenvalue weighted by atomic mass is 16.5. The van der Waals surface area contributed by atoms with Gasteiger partial charge >= 0.3 is 0 Å². The highest BCUT2D eigenvalue weighted by Gasteiger charge is 2.54. The predicted octanol–water partition coefficient (Wildman–Crippen LogP) is 2.37. The summed E-state index contributed by atoms with van der Waals surface area (Å²) in [6.45, 7) is 0.831. The van der Waals surface area contributed by atoms with Crippen molar-refractivity contribution in [3.05, 3.63) is 12.3 Å². The molecular weight excluding hydrogens is 176 g/mol. The summed E-state index contributed by atoms with van der Waals surface area (Å²) in [4.78, 5) is 0. The molecule has 0 amide bonds. The summed E-state index contributed by atoms with van der Waals surface area (Å²) >= 11 is 0. The molecule has 0 aromatic carbocycles. The van der Waals surface area contributed by atoms with Crippen LogP contribution in [0, 0.1) is 11.3 Å². The Morgan fingerprint density at radius 3 is 3.00 bits per heavy atom. The number of rotatable bonds is 4. The molecule has 1 heterocycles. The lowest BCUT2D eigenvalue weighted by atomic mass is 9.69. The molecule has 14 heavy (non-hydrogen) atoms. The molecular formula is C11H16N2O. The van der Waals surface area contributed by atoms with Gasteiger partial charge in [0.05, 0.1) is 6.61 Å². The molecule has 2 fully saturated rings. The minimum absolute atomic E-state index is 0.731. The van der Waals surface area contributed by atoms with Gasteiger partial charge in [-0.1, -0.05) is 0 Å². The standard InChI is InChI=1S/C11H16N2O/c1-4-11(5-6-11)9(1)3-8-14-10-2-7-12-13-10/h2,7,9H,1,3-6,8H2,(H,12,13). The average Bonchev–Trinajstić information content (AvgIpc) is 2.87. The van der Waals surface area contributed by atoms with Crippen molar-refractivity contribution in [3.63, 3.8) is 0 Å². The Bertz CT molecular complexity index is 303. The smallest absolute Gasteiger partial charge is 0.232 e. The normalized spacial score (nSPS) is 27.3. The number of hydrogen-bond acceptors (Lipinski definition) is 2. The van der Waals surface area contributed by atoms with Crippen molar-refractivity contribution in [1.29, 1.82) is 0 Å². The molecule has 1 spiro atoms.